The van der Waals surface area contributed by atoms with Crippen molar-refractivity contribution in [1.29, 1.82) is 0 Å². The number of hydrogen-bond donors (Lipinski definition) is 2. The zero-order chi connectivity index (χ0) is 34.8. The van der Waals surface area contributed by atoms with Gasteiger partial charge in [0.15, 0.2) is 0 Å². The van der Waals surface area contributed by atoms with Crippen molar-refractivity contribution in [2.24, 2.45) is 40.4 Å². The lowest BCUT2D eigenvalue weighted by molar-refractivity contribution is -0.320. The number of fused-ring (bicyclic) bond motifs is 2. The van der Waals surface area contributed by atoms with Crippen molar-refractivity contribution in [1.82, 2.24) is 4.90 Å². The molecule has 2 saturated heterocycles. The van der Waals surface area contributed by atoms with Gasteiger partial charge in [0.05, 0.1) is 48.3 Å². The standard InChI is InChI=1S/C37H50N2O10/c1-7-38-17-34(18-49-32(42)20-10-8-9-11-23(20)39-26(40)14-19(2)31(39)41)13-12-25(46-4)36-22-15-21-24(45-3)16-35(43,27(22)28(21)47-5)37(44,33(36)38)30(48-6)29(34)36/h8-11,19,21-22,24-25,27-30,33,43-44H,7,12-18H2,1-6H3/t19-,21?,22+,24-,25?,27+,28-,29+,30-,33?,34?,35+,36?,37?/m0/s1. The Bertz CT molecular complexity index is 1560. The van der Waals surface area contributed by atoms with E-state index in [9.17, 15) is 24.6 Å². The molecule has 7 aliphatic rings. The maximum absolute atomic E-state index is 14.1. The van der Waals surface area contributed by atoms with Crippen molar-refractivity contribution >= 4 is 23.5 Å². The van der Waals surface area contributed by atoms with Gasteiger partial charge in [0.1, 0.15) is 11.2 Å². The number of imide groups is 1. The highest BCUT2D eigenvalue weighted by Gasteiger charge is 2.91. The molecule has 14 atom stereocenters. The van der Waals surface area contributed by atoms with E-state index in [0.29, 0.717) is 25.9 Å². The largest absolute Gasteiger partial charge is 0.461 e. The number of anilines is 1. The first-order valence-electron chi connectivity index (χ1n) is 17.9. The quantitative estimate of drug-likeness (QED) is 0.292. The molecule has 0 radical (unpaired) electrons. The minimum Gasteiger partial charge on any atom is -0.461 e. The number of likely N-dealkylation sites (N-methyl/N-ethyl adjacent to an activating group) is 1. The Hall–Kier alpha value is -2.45. The first-order valence-corrected chi connectivity index (χ1v) is 17.9. The normalized spacial score (nSPS) is 48.0. The number of benzene rings is 1. The fourth-order valence-electron chi connectivity index (χ4n) is 13.2. The Balaban J connectivity index is 1.23. The third-order valence-corrected chi connectivity index (χ3v) is 14.5. The fourth-order valence-corrected chi connectivity index (χ4v) is 13.2. The van der Waals surface area contributed by atoms with Crippen molar-refractivity contribution in [3.63, 3.8) is 0 Å². The molecule has 1 aromatic carbocycles. The fraction of sp³-hybridized carbons (Fsp3) is 0.757. The minimum absolute atomic E-state index is 0.0358. The molecule has 6 unspecified atom stereocenters. The van der Waals surface area contributed by atoms with Gasteiger partial charge in [-0.3, -0.25) is 14.5 Å². The van der Waals surface area contributed by atoms with E-state index in [-0.39, 0.29) is 84.5 Å². The van der Waals surface area contributed by atoms with E-state index in [1.54, 1.807) is 59.6 Å². The summed E-state index contributed by atoms with van der Waals surface area (Å²) in [6, 6.07) is 6.12. The zero-order valence-electron chi connectivity index (χ0n) is 29.3. The van der Waals surface area contributed by atoms with E-state index < -0.39 is 46.1 Å². The SMILES string of the molecule is CCN1CC2(COC(=O)c3ccccc3N3C(=O)C[C@H](C)C3=O)CCC(OC)C34C1C(O)([C@@H](OC)[C@H]23)[C@@]1(O)C[C@H](OC)C2C[C@@H]4[C@@H]1[C@H]2OC. The van der Waals surface area contributed by atoms with Crippen LogP contribution < -0.4 is 4.90 Å². The summed E-state index contributed by atoms with van der Waals surface area (Å²) in [5.74, 6) is -2.47. The number of piperidine rings is 1. The van der Waals surface area contributed by atoms with Gasteiger partial charge in [-0.25, -0.2) is 9.69 Å². The van der Waals surface area contributed by atoms with Crippen molar-refractivity contribution in [2.75, 3.05) is 53.0 Å². The van der Waals surface area contributed by atoms with Crippen molar-refractivity contribution in [2.45, 2.75) is 87.6 Å². The van der Waals surface area contributed by atoms with E-state index in [1.807, 2.05) is 0 Å². The summed E-state index contributed by atoms with van der Waals surface area (Å²) in [7, 11) is 6.70. The summed E-state index contributed by atoms with van der Waals surface area (Å²) in [4.78, 5) is 43.3. The number of aliphatic hydroxyl groups is 2. The predicted octanol–water partition coefficient (Wildman–Crippen LogP) is 2.04. The van der Waals surface area contributed by atoms with Crippen LogP contribution in [0, 0.1) is 40.4 Å². The number of carbonyl (C=O) groups is 3. The van der Waals surface area contributed by atoms with Gasteiger partial charge in [-0.05, 0) is 43.9 Å². The first-order chi connectivity index (χ1) is 23.4. The summed E-state index contributed by atoms with van der Waals surface area (Å²) < 4.78 is 31.4. The molecular formula is C37H50N2O10. The second kappa shape index (κ2) is 11.3. The zero-order valence-corrected chi connectivity index (χ0v) is 29.3. The van der Waals surface area contributed by atoms with Gasteiger partial charge >= 0.3 is 5.97 Å². The second-order valence-electron chi connectivity index (χ2n) is 16.0. The van der Waals surface area contributed by atoms with Crippen LogP contribution >= 0.6 is 0 Å². The Morgan fingerprint density at radius 2 is 1.80 bits per heavy atom. The molecule has 12 nitrogen and oxygen atoms in total. The number of nitrogens with zero attached hydrogens (tertiary/aromatic N) is 2. The number of rotatable bonds is 9. The Labute approximate surface area is 287 Å². The van der Waals surface area contributed by atoms with Crippen LogP contribution in [-0.2, 0) is 33.3 Å². The maximum Gasteiger partial charge on any atom is 0.340 e. The molecule has 7 bridgehead atoms. The van der Waals surface area contributed by atoms with Crippen LogP contribution in [0.3, 0.4) is 0 Å². The van der Waals surface area contributed by atoms with Crippen LogP contribution in [0.4, 0.5) is 5.69 Å². The molecule has 268 valence electrons. The van der Waals surface area contributed by atoms with Crippen LogP contribution in [0.2, 0.25) is 0 Å². The third-order valence-electron chi connectivity index (χ3n) is 14.5. The van der Waals surface area contributed by atoms with Crippen LogP contribution in [-0.4, -0.2) is 123 Å². The topological polar surface area (TPSA) is 144 Å². The Kier molecular flexibility index (Phi) is 7.75. The highest BCUT2D eigenvalue weighted by molar-refractivity contribution is 6.22. The Morgan fingerprint density at radius 3 is 2.43 bits per heavy atom. The smallest absolute Gasteiger partial charge is 0.340 e. The van der Waals surface area contributed by atoms with E-state index in [2.05, 4.69) is 11.8 Å². The van der Waals surface area contributed by atoms with Crippen molar-refractivity contribution < 1.29 is 48.3 Å². The highest BCUT2D eigenvalue weighted by atomic mass is 16.5. The van der Waals surface area contributed by atoms with Crippen LogP contribution in [0.1, 0.15) is 56.3 Å². The molecule has 2 aliphatic heterocycles. The third kappa shape index (κ3) is 3.86. The molecule has 7 fully saturated rings. The number of para-hydroxylation sites is 1. The lowest BCUT2D eigenvalue weighted by atomic mass is 9.42. The van der Waals surface area contributed by atoms with Crippen LogP contribution in [0.15, 0.2) is 24.3 Å². The number of amides is 2. The van der Waals surface area contributed by atoms with Crippen molar-refractivity contribution in [3.8, 4) is 0 Å². The van der Waals surface area contributed by atoms with Gasteiger partial charge in [-0.2, -0.15) is 0 Å². The number of ether oxygens (including phenoxy) is 5. The minimum atomic E-state index is -1.70. The number of carbonyl (C=O) groups excluding carboxylic acids is 3. The summed E-state index contributed by atoms with van der Waals surface area (Å²) in [6.07, 6.45) is 0.813. The molecule has 1 aromatic rings. The molecule has 0 aromatic heterocycles. The maximum atomic E-state index is 14.1. The van der Waals surface area contributed by atoms with Gasteiger partial charge in [-0.1, -0.05) is 26.0 Å². The molecule has 2 amide bonds. The molecule has 2 heterocycles. The molecule has 5 saturated carbocycles. The van der Waals surface area contributed by atoms with E-state index in [1.165, 1.54) is 0 Å². The van der Waals surface area contributed by atoms with E-state index in [4.69, 9.17) is 23.7 Å². The number of likely N-dealkylation sites (tertiary alicyclic amines) is 1. The second-order valence-corrected chi connectivity index (χ2v) is 16.0. The number of esters is 1. The number of hydrogen-bond acceptors (Lipinski definition) is 11. The molecule has 8 rings (SSSR count). The monoisotopic (exact) mass is 682 g/mol. The van der Waals surface area contributed by atoms with Gasteiger partial charge in [0.25, 0.3) is 0 Å². The first kappa shape index (κ1) is 33.7. The predicted molar refractivity (Wildman–Crippen MR) is 174 cm³/mol. The molecular weight excluding hydrogens is 632 g/mol. The van der Waals surface area contributed by atoms with Gasteiger partial charge < -0.3 is 33.9 Å². The molecule has 2 N–H and O–H groups in total. The van der Waals surface area contributed by atoms with Gasteiger partial charge in [0.2, 0.25) is 11.8 Å². The summed E-state index contributed by atoms with van der Waals surface area (Å²) >= 11 is 0. The molecule has 49 heavy (non-hydrogen) atoms. The molecule has 1 spiro atoms. The highest BCUT2D eigenvalue weighted by Crippen LogP contribution is 2.80. The average Bonchev–Trinajstić information content (AvgIpc) is 3.63. The summed E-state index contributed by atoms with van der Waals surface area (Å²) in [6.45, 7) is 4.95. The van der Waals surface area contributed by atoms with Crippen molar-refractivity contribution in [3.05, 3.63) is 29.8 Å². The summed E-state index contributed by atoms with van der Waals surface area (Å²) in [5, 5.41) is 26.6. The van der Waals surface area contributed by atoms with Crippen LogP contribution in [0.5, 0.6) is 0 Å². The molecule has 5 aliphatic carbocycles. The average molecular weight is 683 g/mol. The lowest BCUT2D eigenvalue weighted by Gasteiger charge is -2.70. The van der Waals surface area contributed by atoms with Crippen LogP contribution in [0.25, 0.3) is 0 Å². The van der Waals surface area contributed by atoms with Gasteiger partial charge in [-0.15, -0.1) is 0 Å². The van der Waals surface area contributed by atoms with E-state index >= 15 is 0 Å². The number of methoxy groups -OCH3 is 4. The Morgan fingerprint density at radius 1 is 1.04 bits per heavy atom. The molecule has 12 heteroatoms. The van der Waals surface area contributed by atoms with E-state index in [0.717, 1.165) is 11.3 Å². The van der Waals surface area contributed by atoms with Gasteiger partial charge in [0, 0.05) is 82.3 Å². The summed E-state index contributed by atoms with van der Waals surface area (Å²) in [5.41, 5.74) is -4.17. The lowest BCUT2D eigenvalue weighted by Crippen LogP contribution is -2.82.